The van der Waals surface area contributed by atoms with Crippen molar-refractivity contribution >= 4 is 57.8 Å². The highest BCUT2D eigenvalue weighted by atomic mass is 35.5. The van der Waals surface area contributed by atoms with E-state index in [1.165, 1.54) is 12.1 Å². The van der Waals surface area contributed by atoms with Gasteiger partial charge >= 0.3 is 0 Å². The lowest BCUT2D eigenvalue weighted by Gasteiger charge is -2.11. The highest BCUT2D eigenvalue weighted by Crippen LogP contribution is 2.34. The molecule has 0 aliphatic rings. The third kappa shape index (κ3) is 3.10. The summed E-state index contributed by atoms with van der Waals surface area (Å²) in [6.45, 7) is 0. The van der Waals surface area contributed by atoms with Crippen LogP contribution in [0.2, 0.25) is 15.1 Å². The minimum atomic E-state index is -0.605. The molecule has 2 aromatic carbocycles. The Morgan fingerprint density at radius 1 is 1.00 bits per heavy atom. The Kier molecular flexibility index (Phi) is 4.28. The van der Waals surface area contributed by atoms with Gasteiger partial charge in [0.1, 0.15) is 0 Å². The van der Waals surface area contributed by atoms with Gasteiger partial charge in [-0.2, -0.15) is 0 Å². The fraction of sp³-hybridized carbons (Fsp3) is 0. The molecule has 0 aliphatic carbocycles. The molecule has 0 aliphatic heterocycles. The molecule has 0 bridgehead atoms. The first kappa shape index (κ1) is 14.8. The van der Waals surface area contributed by atoms with Crippen molar-refractivity contribution in [2.75, 3.05) is 11.1 Å². The SMILES string of the molecule is NC(=O)c1cc(Nc2cc(Cl)c(Cl)cc2Cl)ccc1N. The average molecular weight is 331 g/mol. The second kappa shape index (κ2) is 5.79. The van der Waals surface area contributed by atoms with Gasteiger partial charge in [-0.1, -0.05) is 34.8 Å². The molecular formula is C13H10Cl3N3O. The van der Waals surface area contributed by atoms with Crippen LogP contribution in [0, 0.1) is 0 Å². The molecule has 2 aromatic rings. The Morgan fingerprint density at radius 2 is 1.65 bits per heavy atom. The number of carbonyl (C=O) groups is 1. The summed E-state index contributed by atoms with van der Waals surface area (Å²) in [6, 6.07) is 7.93. The van der Waals surface area contributed by atoms with Crippen LogP contribution in [0.5, 0.6) is 0 Å². The van der Waals surface area contributed by atoms with Gasteiger partial charge in [-0.25, -0.2) is 0 Å². The number of nitrogens with one attached hydrogen (secondary N) is 1. The van der Waals surface area contributed by atoms with Crippen molar-refractivity contribution in [1.82, 2.24) is 0 Å². The van der Waals surface area contributed by atoms with E-state index in [1.807, 2.05) is 0 Å². The van der Waals surface area contributed by atoms with E-state index in [0.717, 1.165) is 0 Å². The van der Waals surface area contributed by atoms with E-state index in [4.69, 9.17) is 46.3 Å². The van der Waals surface area contributed by atoms with Crippen LogP contribution in [0.3, 0.4) is 0 Å². The molecule has 2 rings (SSSR count). The third-order valence-corrected chi connectivity index (χ3v) is 3.64. The van der Waals surface area contributed by atoms with Gasteiger partial charge in [-0.05, 0) is 30.3 Å². The molecule has 20 heavy (non-hydrogen) atoms. The number of anilines is 3. The number of benzene rings is 2. The Bertz CT molecular complexity index is 689. The lowest BCUT2D eigenvalue weighted by molar-refractivity contribution is 0.100. The van der Waals surface area contributed by atoms with E-state index in [9.17, 15) is 4.79 Å². The van der Waals surface area contributed by atoms with Crippen LogP contribution in [-0.2, 0) is 0 Å². The highest BCUT2D eigenvalue weighted by molar-refractivity contribution is 6.44. The van der Waals surface area contributed by atoms with E-state index >= 15 is 0 Å². The van der Waals surface area contributed by atoms with E-state index in [2.05, 4.69) is 5.32 Å². The quantitative estimate of drug-likeness (QED) is 0.586. The van der Waals surface area contributed by atoms with Crippen molar-refractivity contribution in [3.8, 4) is 0 Å². The molecule has 0 saturated heterocycles. The summed E-state index contributed by atoms with van der Waals surface area (Å²) < 4.78 is 0. The van der Waals surface area contributed by atoms with Crippen molar-refractivity contribution in [3.05, 3.63) is 51.0 Å². The van der Waals surface area contributed by atoms with Crippen molar-refractivity contribution in [3.63, 3.8) is 0 Å². The lowest BCUT2D eigenvalue weighted by atomic mass is 10.1. The van der Waals surface area contributed by atoms with Crippen molar-refractivity contribution in [2.45, 2.75) is 0 Å². The number of rotatable bonds is 3. The molecule has 104 valence electrons. The van der Waals surface area contributed by atoms with Crippen molar-refractivity contribution in [2.24, 2.45) is 5.73 Å². The standard InChI is InChI=1S/C13H10Cl3N3O/c14-8-4-10(16)12(5-9(8)15)19-6-1-2-11(17)7(3-6)13(18)20/h1-5,19H,17H2,(H2,18,20). The topological polar surface area (TPSA) is 81.1 Å². The fourth-order valence-corrected chi connectivity index (χ4v) is 2.22. The molecule has 1 amide bonds. The largest absolute Gasteiger partial charge is 0.398 e. The summed E-state index contributed by atoms with van der Waals surface area (Å²) >= 11 is 17.9. The number of nitrogens with two attached hydrogens (primary N) is 2. The predicted octanol–water partition coefficient (Wildman–Crippen LogP) is 4.07. The van der Waals surface area contributed by atoms with Crippen LogP contribution in [0.4, 0.5) is 17.1 Å². The number of amides is 1. The molecule has 0 spiro atoms. The average Bonchev–Trinajstić information content (AvgIpc) is 2.37. The molecule has 0 saturated carbocycles. The van der Waals surface area contributed by atoms with Crippen LogP contribution < -0.4 is 16.8 Å². The maximum atomic E-state index is 11.2. The molecule has 0 heterocycles. The second-order valence-electron chi connectivity index (χ2n) is 4.04. The summed E-state index contributed by atoms with van der Waals surface area (Å²) in [6.07, 6.45) is 0. The molecule has 0 atom stereocenters. The van der Waals surface area contributed by atoms with Crippen LogP contribution in [-0.4, -0.2) is 5.91 Å². The fourth-order valence-electron chi connectivity index (χ4n) is 1.62. The summed E-state index contributed by atoms with van der Waals surface area (Å²) in [5, 5.41) is 4.15. The minimum Gasteiger partial charge on any atom is -0.398 e. The zero-order valence-corrected chi connectivity index (χ0v) is 12.4. The molecule has 0 aromatic heterocycles. The molecule has 5 N–H and O–H groups in total. The lowest BCUT2D eigenvalue weighted by Crippen LogP contribution is -2.13. The van der Waals surface area contributed by atoms with E-state index in [-0.39, 0.29) is 5.56 Å². The number of primary amides is 1. The molecule has 7 heteroatoms. The van der Waals surface area contributed by atoms with Gasteiger partial charge in [0.15, 0.2) is 0 Å². The van der Waals surface area contributed by atoms with Crippen LogP contribution in [0.25, 0.3) is 0 Å². The maximum Gasteiger partial charge on any atom is 0.250 e. The van der Waals surface area contributed by atoms with Gasteiger partial charge in [-0.15, -0.1) is 0 Å². The van der Waals surface area contributed by atoms with E-state index in [0.29, 0.717) is 32.1 Å². The monoisotopic (exact) mass is 329 g/mol. The van der Waals surface area contributed by atoms with Crippen molar-refractivity contribution < 1.29 is 4.79 Å². The normalized spacial score (nSPS) is 10.3. The number of hydrogen-bond donors (Lipinski definition) is 3. The number of carbonyl (C=O) groups excluding carboxylic acids is 1. The molecule has 0 unspecified atom stereocenters. The molecule has 0 fully saturated rings. The summed E-state index contributed by atoms with van der Waals surface area (Å²) in [7, 11) is 0. The van der Waals surface area contributed by atoms with Gasteiger partial charge in [0.05, 0.1) is 26.3 Å². The maximum absolute atomic E-state index is 11.2. The van der Waals surface area contributed by atoms with Gasteiger partial charge in [0.2, 0.25) is 0 Å². The van der Waals surface area contributed by atoms with E-state index < -0.39 is 5.91 Å². The van der Waals surface area contributed by atoms with Crippen LogP contribution in [0.1, 0.15) is 10.4 Å². The highest BCUT2D eigenvalue weighted by Gasteiger charge is 2.09. The van der Waals surface area contributed by atoms with Gasteiger partial charge in [0.25, 0.3) is 5.91 Å². The summed E-state index contributed by atoms with van der Waals surface area (Å²) in [5.41, 5.74) is 12.6. The Balaban J connectivity index is 2.38. The summed E-state index contributed by atoms with van der Waals surface area (Å²) in [5.74, 6) is -0.605. The Labute approximate surface area is 130 Å². The van der Waals surface area contributed by atoms with Gasteiger partial charge < -0.3 is 16.8 Å². The van der Waals surface area contributed by atoms with Gasteiger partial charge in [-0.3, -0.25) is 4.79 Å². The van der Waals surface area contributed by atoms with E-state index in [1.54, 1.807) is 18.2 Å². The minimum absolute atomic E-state index is 0.228. The smallest absolute Gasteiger partial charge is 0.250 e. The zero-order valence-electron chi connectivity index (χ0n) is 10.1. The second-order valence-corrected chi connectivity index (χ2v) is 5.26. The number of nitrogen functional groups attached to an aromatic ring is 1. The first-order valence-electron chi connectivity index (χ1n) is 5.49. The first-order chi connectivity index (χ1) is 9.38. The summed E-state index contributed by atoms with van der Waals surface area (Å²) in [4.78, 5) is 11.2. The van der Waals surface area contributed by atoms with Crippen LogP contribution >= 0.6 is 34.8 Å². The molecule has 4 nitrogen and oxygen atoms in total. The number of halogens is 3. The Hall–Kier alpha value is -1.62. The van der Waals surface area contributed by atoms with Crippen LogP contribution in [0.15, 0.2) is 30.3 Å². The van der Waals surface area contributed by atoms with Crippen molar-refractivity contribution in [1.29, 1.82) is 0 Å². The first-order valence-corrected chi connectivity index (χ1v) is 6.63. The number of hydrogen-bond acceptors (Lipinski definition) is 3. The Morgan fingerprint density at radius 3 is 2.30 bits per heavy atom. The molecule has 0 radical (unpaired) electrons. The third-order valence-electron chi connectivity index (χ3n) is 2.61. The van der Waals surface area contributed by atoms with Gasteiger partial charge in [0, 0.05) is 11.4 Å². The molecular weight excluding hydrogens is 321 g/mol. The predicted molar refractivity (Wildman–Crippen MR) is 84.1 cm³/mol. The zero-order chi connectivity index (χ0) is 14.9.